The van der Waals surface area contributed by atoms with Crippen molar-refractivity contribution in [3.8, 4) is 0 Å². The van der Waals surface area contributed by atoms with Gasteiger partial charge < -0.3 is 14.5 Å². The van der Waals surface area contributed by atoms with Crippen LogP contribution in [-0.2, 0) is 16.0 Å². The minimum atomic E-state index is -0.996. The molecule has 0 bridgehead atoms. The topological polar surface area (TPSA) is 83.6 Å². The summed E-state index contributed by atoms with van der Waals surface area (Å²) in [5.41, 5.74) is 1.39. The molecule has 19 heavy (non-hydrogen) atoms. The molecule has 1 aromatic heterocycles. The van der Waals surface area contributed by atoms with E-state index in [1.807, 2.05) is 0 Å². The summed E-state index contributed by atoms with van der Waals surface area (Å²) in [6.45, 7) is 7.05. The fourth-order valence-electron chi connectivity index (χ4n) is 2.08. The first-order chi connectivity index (χ1) is 8.75. The minimum absolute atomic E-state index is 0.105. The maximum atomic E-state index is 12.2. The zero-order chi connectivity index (χ0) is 14.7. The highest BCUT2D eigenvalue weighted by Gasteiger charge is 2.30. The van der Waals surface area contributed by atoms with Gasteiger partial charge in [-0.15, -0.1) is 0 Å². The van der Waals surface area contributed by atoms with E-state index in [0.29, 0.717) is 11.5 Å². The molecular weight excluding hydrogens is 248 g/mol. The van der Waals surface area contributed by atoms with Gasteiger partial charge in [-0.2, -0.15) is 0 Å². The molecule has 0 radical (unpaired) electrons. The summed E-state index contributed by atoms with van der Waals surface area (Å²) in [5, 5.41) is 13.0. The second-order valence-electron chi connectivity index (χ2n) is 5.01. The Morgan fingerprint density at radius 3 is 2.32 bits per heavy atom. The summed E-state index contributed by atoms with van der Waals surface area (Å²) in [5.74, 6) is -0.813. The smallest absolute Gasteiger partial charge is 0.326 e. The Morgan fingerprint density at radius 2 is 1.95 bits per heavy atom. The largest absolute Gasteiger partial charge is 0.480 e. The van der Waals surface area contributed by atoms with Crippen molar-refractivity contribution in [3.63, 3.8) is 0 Å². The molecule has 1 aromatic rings. The first kappa shape index (κ1) is 15.2. The normalized spacial score (nSPS) is 12.5. The second kappa shape index (κ2) is 5.86. The standard InChI is InChI=1S/C13H20N2O4/c1-7(2)12(13(17)18)15(5)11(16)6-10-8(3)14-19-9(10)4/h7,12H,6H2,1-5H3,(H,17,18). The number of amides is 1. The number of likely N-dealkylation sites (N-methyl/N-ethyl adjacent to an activating group) is 1. The third kappa shape index (κ3) is 3.33. The van der Waals surface area contributed by atoms with Crippen LogP contribution >= 0.6 is 0 Å². The van der Waals surface area contributed by atoms with Crippen molar-refractivity contribution in [2.45, 2.75) is 40.2 Å². The van der Waals surface area contributed by atoms with Crippen molar-refractivity contribution in [1.29, 1.82) is 0 Å². The van der Waals surface area contributed by atoms with Crippen LogP contribution in [0.2, 0.25) is 0 Å². The average molecular weight is 268 g/mol. The van der Waals surface area contributed by atoms with Crippen LogP contribution in [0.1, 0.15) is 30.9 Å². The third-order valence-electron chi connectivity index (χ3n) is 3.20. The number of aryl methyl sites for hydroxylation is 2. The van der Waals surface area contributed by atoms with E-state index in [0.717, 1.165) is 5.56 Å². The molecule has 1 atom stereocenters. The van der Waals surface area contributed by atoms with E-state index >= 15 is 0 Å². The Labute approximate surface area is 112 Å². The first-order valence-corrected chi connectivity index (χ1v) is 6.15. The van der Waals surface area contributed by atoms with Gasteiger partial charge in [0.2, 0.25) is 5.91 Å². The van der Waals surface area contributed by atoms with Crippen molar-refractivity contribution >= 4 is 11.9 Å². The lowest BCUT2D eigenvalue weighted by atomic mass is 10.0. The molecule has 0 aliphatic heterocycles. The van der Waals surface area contributed by atoms with E-state index in [1.165, 1.54) is 11.9 Å². The molecule has 0 fully saturated rings. The molecule has 6 nitrogen and oxygen atoms in total. The Kier molecular flexibility index (Phi) is 4.69. The number of aliphatic carboxylic acids is 1. The lowest BCUT2D eigenvalue weighted by Crippen LogP contribution is -2.46. The van der Waals surface area contributed by atoms with Crippen molar-refractivity contribution in [2.75, 3.05) is 7.05 Å². The van der Waals surface area contributed by atoms with Gasteiger partial charge >= 0.3 is 5.97 Å². The van der Waals surface area contributed by atoms with Crippen molar-refractivity contribution < 1.29 is 19.2 Å². The van der Waals surface area contributed by atoms with Crippen molar-refractivity contribution in [3.05, 3.63) is 17.0 Å². The zero-order valence-corrected chi connectivity index (χ0v) is 11.9. The summed E-state index contributed by atoms with van der Waals surface area (Å²) in [6, 6.07) is -0.826. The van der Waals surface area contributed by atoms with E-state index in [1.54, 1.807) is 27.7 Å². The minimum Gasteiger partial charge on any atom is -0.480 e. The number of carboxylic acids is 1. The lowest BCUT2D eigenvalue weighted by Gasteiger charge is -2.27. The molecule has 0 aromatic carbocycles. The summed E-state index contributed by atoms with van der Waals surface area (Å²) in [6.07, 6.45) is 0.105. The van der Waals surface area contributed by atoms with Gasteiger partial charge in [0.25, 0.3) is 0 Å². The molecule has 1 rings (SSSR count). The van der Waals surface area contributed by atoms with Gasteiger partial charge in [-0.1, -0.05) is 19.0 Å². The summed E-state index contributed by atoms with van der Waals surface area (Å²) < 4.78 is 4.99. The SMILES string of the molecule is Cc1noc(C)c1CC(=O)N(C)C(C(=O)O)C(C)C. The van der Waals surface area contributed by atoms with E-state index in [9.17, 15) is 14.7 Å². The molecule has 0 aliphatic carbocycles. The third-order valence-corrected chi connectivity index (χ3v) is 3.20. The van der Waals surface area contributed by atoms with Crippen LogP contribution in [0.25, 0.3) is 0 Å². The Bertz CT molecular complexity index is 459. The molecule has 1 heterocycles. The maximum absolute atomic E-state index is 12.2. The van der Waals surface area contributed by atoms with Gasteiger partial charge in [0, 0.05) is 12.6 Å². The summed E-state index contributed by atoms with van der Waals surface area (Å²) in [7, 11) is 1.51. The second-order valence-corrected chi connectivity index (χ2v) is 5.01. The number of hydrogen-bond donors (Lipinski definition) is 1. The molecule has 106 valence electrons. The van der Waals surface area contributed by atoms with Crippen LogP contribution in [0.4, 0.5) is 0 Å². The lowest BCUT2D eigenvalue weighted by molar-refractivity contribution is -0.150. The predicted molar refractivity (Wildman–Crippen MR) is 68.7 cm³/mol. The van der Waals surface area contributed by atoms with Crippen LogP contribution in [-0.4, -0.2) is 40.1 Å². The van der Waals surface area contributed by atoms with Crippen molar-refractivity contribution in [1.82, 2.24) is 10.1 Å². The predicted octanol–water partition coefficient (Wildman–Crippen LogP) is 1.40. The fraction of sp³-hybridized carbons (Fsp3) is 0.615. The molecule has 0 aliphatic rings. The van der Waals surface area contributed by atoms with Gasteiger partial charge in [0.1, 0.15) is 11.8 Å². The molecule has 0 saturated heterocycles. The van der Waals surface area contributed by atoms with Gasteiger partial charge in [-0.05, 0) is 19.8 Å². The quantitative estimate of drug-likeness (QED) is 0.872. The molecular formula is C13H20N2O4. The average Bonchev–Trinajstić information content (AvgIpc) is 2.59. The van der Waals surface area contributed by atoms with Gasteiger partial charge in [0.05, 0.1) is 12.1 Å². The maximum Gasteiger partial charge on any atom is 0.326 e. The number of nitrogens with zero attached hydrogens (tertiary/aromatic N) is 2. The highest BCUT2D eigenvalue weighted by Crippen LogP contribution is 2.16. The molecule has 6 heteroatoms. The van der Waals surface area contributed by atoms with Gasteiger partial charge in [-0.25, -0.2) is 4.79 Å². The summed E-state index contributed by atoms with van der Waals surface area (Å²) >= 11 is 0. The van der Waals surface area contributed by atoms with E-state index < -0.39 is 12.0 Å². The van der Waals surface area contributed by atoms with Gasteiger partial charge in [-0.3, -0.25) is 4.79 Å². The van der Waals surface area contributed by atoms with Crippen LogP contribution in [0.3, 0.4) is 0 Å². The zero-order valence-electron chi connectivity index (χ0n) is 11.9. The summed E-state index contributed by atoms with van der Waals surface area (Å²) in [4.78, 5) is 24.6. The van der Waals surface area contributed by atoms with Crippen molar-refractivity contribution in [2.24, 2.45) is 5.92 Å². The van der Waals surface area contributed by atoms with Crippen LogP contribution in [0, 0.1) is 19.8 Å². The Hall–Kier alpha value is -1.85. The molecule has 1 N–H and O–H groups in total. The van der Waals surface area contributed by atoms with E-state index in [2.05, 4.69) is 5.16 Å². The molecule has 0 saturated carbocycles. The van der Waals surface area contributed by atoms with Crippen LogP contribution in [0.5, 0.6) is 0 Å². The Balaban J connectivity index is 2.86. The van der Waals surface area contributed by atoms with Gasteiger partial charge in [0.15, 0.2) is 0 Å². The van der Waals surface area contributed by atoms with E-state index in [-0.39, 0.29) is 18.2 Å². The number of hydrogen-bond acceptors (Lipinski definition) is 4. The van der Waals surface area contributed by atoms with Crippen LogP contribution < -0.4 is 0 Å². The number of aromatic nitrogens is 1. The van der Waals surface area contributed by atoms with E-state index in [4.69, 9.17) is 4.52 Å². The highest BCUT2D eigenvalue weighted by molar-refractivity contribution is 5.85. The first-order valence-electron chi connectivity index (χ1n) is 6.15. The number of carbonyl (C=O) groups excluding carboxylic acids is 1. The highest BCUT2D eigenvalue weighted by atomic mass is 16.5. The molecule has 1 amide bonds. The number of rotatable bonds is 5. The Morgan fingerprint density at radius 1 is 1.37 bits per heavy atom. The van der Waals surface area contributed by atoms with Crippen LogP contribution in [0.15, 0.2) is 4.52 Å². The number of carboxylic acid groups (broad SMARTS) is 1. The molecule has 0 spiro atoms. The fourth-order valence-corrected chi connectivity index (χ4v) is 2.08. The number of carbonyl (C=O) groups is 2. The molecule has 1 unspecified atom stereocenters. The monoisotopic (exact) mass is 268 g/mol.